The Morgan fingerprint density at radius 3 is 2.38 bits per heavy atom. The van der Waals surface area contributed by atoms with E-state index in [-0.39, 0.29) is 11.9 Å². The summed E-state index contributed by atoms with van der Waals surface area (Å²) in [7, 11) is 0. The molecule has 2 N–H and O–H groups in total. The van der Waals surface area contributed by atoms with Crippen LogP contribution in [0, 0.1) is 23.7 Å². The molecule has 0 radical (unpaired) electrons. The number of hydrogen-bond donors (Lipinski definition) is 1. The van der Waals surface area contributed by atoms with Gasteiger partial charge in [0.1, 0.15) is 0 Å². The van der Waals surface area contributed by atoms with Crippen molar-refractivity contribution in [2.24, 2.45) is 29.4 Å². The highest BCUT2D eigenvalue weighted by atomic mass is 16.2. The average molecular weight is 333 g/mol. The third-order valence-corrected chi connectivity index (χ3v) is 7.28. The van der Waals surface area contributed by atoms with Gasteiger partial charge in [-0.15, -0.1) is 0 Å². The zero-order valence-corrected chi connectivity index (χ0v) is 14.7. The fourth-order valence-electron chi connectivity index (χ4n) is 5.97. The fraction of sp³-hybridized carbons (Fsp3) is 0.895. The van der Waals surface area contributed by atoms with Crippen molar-refractivity contribution in [2.75, 3.05) is 19.6 Å². The normalized spacial score (nSPS) is 36.5. The number of piperidine rings is 1. The molecule has 0 unspecified atom stereocenters. The van der Waals surface area contributed by atoms with Crippen LogP contribution in [0.25, 0.3) is 0 Å². The molecule has 5 heteroatoms. The summed E-state index contributed by atoms with van der Waals surface area (Å²) in [5, 5.41) is 0. The van der Waals surface area contributed by atoms with Gasteiger partial charge in [-0.1, -0.05) is 6.42 Å². The second-order valence-corrected chi connectivity index (χ2v) is 8.60. The van der Waals surface area contributed by atoms with Gasteiger partial charge in [0, 0.05) is 31.6 Å². The molecule has 24 heavy (non-hydrogen) atoms. The maximum Gasteiger partial charge on any atom is 0.314 e. The molecular formula is C19H31N3O2. The second kappa shape index (κ2) is 6.57. The number of amides is 3. The van der Waals surface area contributed by atoms with E-state index in [1.54, 1.807) is 4.90 Å². The van der Waals surface area contributed by atoms with E-state index in [9.17, 15) is 9.59 Å². The minimum absolute atomic E-state index is 0.0984. The Balaban J connectivity index is 1.33. The molecule has 2 aliphatic carbocycles. The van der Waals surface area contributed by atoms with Crippen molar-refractivity contribution in [1.82, 2.24) is 9.80 Å². The number of nitrogens with zero attached hydrogens (tertiary/aromatic N) is 2. The predicted molar refractivity (Wildman–Crippen MR) is 92.2 cm³/mol. The Morgan fingerprint density at radius 2 is 1.75 bits per heavy atom. The molecule has 2 saturated heterocycles. The molecule has 0 aromatic carbocycles. The van der Waals surface area contributed by atoms with Crippen molar-refractivity contribution < 1.29 is 9.59 Å². The van der Waals surface area contributed by atoms with Crippen LogP contribution in [-0.2, 0) is 4.79 Å². The summed E-state index contributed by atoms with van der Waals surface area (Å²) >= 11 is 0. The van der Waals surface area contributed by atoms with Gasteiger partial charge in [0.2, 0.25) is 5.91 Å². The van der Waals surface area contributed by atoms with Crippen LogP contribution in [0.1, 0.15) is 57.8 Å². The molecule has 2 saturated carbocycles. The monoisotopic (exact) mass is 333 g/mol. The molecule has 134 valence electrons. The highest BCUT2D eigenvalue weighted by Crippen LogP contribution is 2.50. The van der Waals surface area contributed by atoms with E-state index in [2.05, 4.69) is 4.90 Å². The van der Waals surface area contributed by atoms with E-state index < -0.39 is 0 Å². The number of nitrogens with two attached hydrogens (primary N) is 1. The van der Waals surface area contributed by atoms with Crippen LogP contribution in [0.3, 0.4) is 0 Å². The van der Waals surface area contributed by atoms with E-state index in [1.807, 2.05) is 0 Å². The maximum absolute atomic E-state index is 13.0. The summed E-state index contributed by atoms with van der Waals surface area (Å²) in [4.78, 5) is 28.1. The van der Waals surface area contributed by atoms with Crippen LogP contribution in [-0.4, -0.2) is 47.4 Å². The molecular weight excluding hydrogens is 302 g/mol. The number of hydrogen-bond acceptors (Lipinski definition) is 2. The number of fused-ring (bicyclic) bond motifs is 2. The van der Waals surface area contributed by atoms with Crippen molar-refractivity contribution in [3.05, 3.63) is 0 Å². The maximum atomic E-state index is 13.0. The van der Waals surface area contributed by atoms with Crippen LogP contribution in [0.4, 0.5) is 4.79 Å². The Morgan fingerprint density at radius 1 is 0.958 bits per heavy atom. The summed E-state index contributed by atoms with van der Waals surface area (Å²) in [5.74, 6) is 3.26. The summed E-state index contributed by atoms with van der Waals surface area (Å²) in [5.41, 5.74) is 5.35. The molecule has 0 aromatic heterocycles. The van der Waals surface area contributed by atoms with E-state index in [4.69, 9.17) is 5.73 Å². The predicted octanol–water partition coefficient (Wildman–Crippen LogP) is 2.59. The molecule has 4 aliphatic rings. The Kier molecular flexibility index (Phi) is 4.44. The Bertz CT molecular complexity index is 501. The largest absolute Gasteiger partial charge is 0.351 e. The van der Waals surface area contributed by atoms with Gasteiger partial charge in [-0.2, -0.15) is 0 Å². The molecule has 4 rings (SSSR count). The lowest BCUT2D eigenvalue weighted by molar-refractivity contribution is -0.138. The number of rotatable bonds is 3. The van der Waals surface area contributed by atoms with Gasteiger partial charge in [0.25, 0.3) is 0 Å². The molecule has 2 aliphatic heterocycles. The minimum atomic E-state index is -0.351. The molecule has 5 nitrogen and oxygen atoms in total. The lowest BCUT2D eigenvalue weighted by Crippen LogP contribution is -2.47. The van der Waals surface area contributed by atoms with Gasteiger partial charge in [-0.3, -0.25) is 4.79 Å². The average Bonchev–Trinajstić information content (AvgIpc) is 3.31. The van der Waals surface area contributed by atoms with Gasteiger partial charge < -0.3 is 15.5 Å². The highest BCUT2D eigenvalue weighted by molar-refractivity contribution is 5.80. The van der Waals surface area contributed by atoms with Crippen molar-refractivity contribution in [3.8, 4) is 0 Å². The first-order valence-electron chi connectivity index (χ1n) is 9.96. The van der Waals surface area contributed by atoms with Crippen LogP contribution in [0.5, 0.6) is 0 Å². The molecule has 0 aromatic rings. The first-order chi connectivity index (χ1) is 11.6. The van der Waals surface area contributed by atoms with Crippen molar-refractivity contribution in [3.63, 3.8) is 0 Å². The molecule has 3 amide bonds. The Hall–Kier alpha value is -1.26. The molecule has 4 atom stereocenters. The van der Waals surface area contributed by atoms with Gasteiger partial charge >= 0.3 is 6.03 Å². The molecule has 0 spiro atoms. The zero-order valence-electron chi connectivity index (χ0n) is 14.7. The topological polar surface area (TPSA) is 66.6 Å². The molecule has 2 bridgehead atoms. The van der Waals surface area contributed by atoms with Crippen LogP contribution in [0.2, 0.25) is 0 Å². The third-order valence-electron chi connectivity index (χ3n) is 7.28. The van der Waals surface area contributed by atoms with E-state index in [1.165, 1.54) is 38.5 Å². The number of likely N-dealkylation sites (tertiary alicyclic amines) is 2. The fourth-order valence-corrected chi connectivity index (χ4v) is 5.97. The van der Waals surface area contributed by atoms with Crippen LogP contribution >= 0.6 is 0 Å². The molecule has 4 fully saturated rings. The van der Waals surface area contributed by atoms with Gasteiger partial charge in [0.05, 0.1) is 0 Å². The number of carbonyl (C=O) groups is 2. The Labute approximate surface area is 144 Å². The standard InChI is InChI=1S/C19H31N3O2/c20-19(24)21-8-5-14(6-9-21)18(23)22-7-1-2-17(22)12-16-11-13-3-4-15(16)10-13/h13-17H,1-12H2,(H2,20,24)/t13-,15-,16-,17-/m0/s1. The van der Waals surface area contributed by atoms with E-state index >= 15 is 0 Å². The van der Waals surface area contributed by atoms with Gasteiger partial charge in [-0.05, 0) is 69.1 Å². The summed E-state index contributed by atoms with van der Waals surface area (Å²) in [6.45, 7) is 2.22. The van der Waals surface area contributed by atoms with Crippen molar-refractivity contribution >= 4 is 11.9 Å². The minimum Gasteiger partial charge on any atom is -0.351 e. The number of urea groups is 1. The lowest BCUT2D eigenvalue weighted by atomic mass is 9.83. The summed E-state index contributed by atoms with van der Waals surface area (Å²) < 4.78 is 0. The van der Waals surface area contributed by atoms with Gasteiger partial charge in [0.15, 0.2) is 0 Å². The summed E-state index contributed by atoms with van der Waals surface area (Å²) in [6.07, 6.45) is 10.9. The van der Waals surface area contributed by atoms with Crippen LogP contribution in [0.15, 0.2) is 0 Å². The van der Waals surface area contributed by atoms with E-state index in [0.717, 1.165) is 43.6 Å². The molecule has 2 heterocycles. The van der Waals surface area contributed by atoms with Crippen molar-refractivity contribution in [2.45, 2.75) is 63.8 Å². The number of primary amides is 1. The lowest BCUT2D eigenvalue weighted by Gasteiger charge is -2.35. The SMILES string of the molecule is NC(=O)N1CCC(C(=O)N2CCC[C@H]2C[C@@H]2C[C@H]3CC[C@H]2C3)CC1. The smallest absolute Gasteiger partial charge is 0.314 e. The van der Waals surface area contributed by atoms with Crippen LogP contribution < -0.4 is 5.73 Å². The highest BCUT2D eigenvalue weighted by Gasteiger charge is 2.42. The summed E-state index contributed by atoms with van der Waals surface area (Å²) in [6, 6.07) is 0.132. The van der Waals surface area contributed by atoms with Gasteiger partial charge in [-0.25, -0.2) is 4.79 Å². The van der Waals surface area contributed by atoms with E-state index in [0.29, 0.717) is 25.0 Å². The number of carbonyl (C=O) groups excluding carboxylic acids is 2. The quantitative estimate of drug-likeness (QED) is 0.862. The van der Waals surface area contributed by atoms with Crippen molar-refractivity contribution in [1.29, 1.82) is 0 Å². The second-order valence-electron chi connectivity index (χ2n) is 8.60. The third kappa shape index (κ3) is 3.02. The first kappa shape index (κ1) is 16.2. The zero-order chi connectivity index (χ0) is 16.7. The first-order valence-corrected chi connectivity index (χ1v) is 9.96.